The summed E-state index contributed by atoms with van der Waals surface area (Å²) in [6, 6.07) is 0. The third-order valence-electron chi connectivity index (χ3n) is 1.38. The van der Waals surface area contributed by atoms with Gasteiger partial charge in [-0.25, -0.2) is 0 Å². The van der Waals surface area contributed by atoms with E-state index in [9.17, 15) is 0 Å². The molecule has 2 N–H and O–H groups in total. The van der Waals surface area contributed by atoms with Crippen LogP contribution in [-0.2, 0) is 4.74 Å². The van der Waals surface area contributed by atoms with Crippen LogP contribution in [0.5, 0.6) is 0 Å². The number of hydrogen-bond acceptors (Lipinski definition) is 3. The van der Waals surface area contributed by atoms with Crippen LogP contribution in [-0.4, -0.2) is 36.6 Å². The van der Waals surface area contributed by atoms with Crippen LogP contribution in [0, 0.1) is 0 Å². The van der Waals surface area contributed by atoms with Crippen molar-refractivity contribution in [3.63, 3.8) is 0 Å². The number of allylic oxidation sites excluding steroid dienone is 3. The van der Waals surface area contributed by atoms with Gasteiger partial charge in [-0.05, 0) is 33.6 Å². The van der Waals surface area contributed by atoms with Gasteiger partial charge in [0.05, 0.1) is 13.2 Å². The Labute approximate surface area is 140 Å². The zero-order chi connectivity index (χ0) is 18.5. The number of aliphatic hydroxyl groups is 2. The van der Waals surface area contributed by atoms with E-state index in [1.807, 2.05) is 20.8 Å². The summed E-state index contributed by atoms with van der Waals surface area (Å²) in [6.07, 6.45) is 10.2. The Kier molecular flexibility index (Phi) is 89.0. The van der Waals surface area contributed by atoms with Crippen molar-refractivity contribution < 1.29 is 14.9 Å². The molecule has 0 bridgehead atoms. The van der Waals surface area contributed by atoms with E-state index in [1.54, 1.807) is 18.2 Å². The molecule has 22 heavy (non-hydrogen) atoms. The molecule has 0 aliphatic carbocycles. The van der Waals surface area contributed by atoms with Gasteiger partial charge in [-0.3, -0.25) is 0 Å². The minimum atomic E-state index is -0.125. The lowest BCUT2D eigenvalue weighted by molar-refractivity contribution is 0.128. The van der Waals surface area contributed by atoms with Gasteiger partial charge in [-0.1, -0.05) is 44.9 Å². The molecule has 0 fully saturated rings. The quantitative estimate of drug-likeness (QED) is 0.504. The van der Waals surface area contributed by atoms with E-state index in [4.69, 9.17) is 14.9 Å². The first-order valence-corrected chi connectivity index (χ1v) is 8.08. The lowest BCUT2D eigenvalue weighted by Gasteiger charge is -1.99. The van der Waals surface area contributed by atoms with Crippen LogP contribution in [0.1, 0.15) is 60.3 Å². The van der Waals surface area contributed by atoms with E-state index in [2.05, 4.69) is 33.6 Å². The van der Waals surface area contributed by atoms with Gasteiger partial charge < -0.3 is 14.9 Å². The highest BCUT2D eigenvalue weighted by atomic mass is 16.5. The maximum absolute atomic E-state index is 7.62. The van der Waals surface area contributed by atoms with Crippen molar-refractivity contribution in [3.05, 3.63) is 38.0 Å². The summed E-state index contributed by atoms with van der Waals surface area (Å²) in [5.74, 6) is 0. The minimum Gasteiger partial charge on any atom is -0.394 e. The smallest absolute Gasteiger partial charge is 0.0662 e. The molecule has 0 saturated heterocycles. The molecule has 0 aromatic carbocycles. The van der Waals surface area contributed by atoms with Crippen LogP contribution >= 0.6 is 0 Å². The van der Waals surface area contributed by atoms with E-state index >= 15 is 0 Å². The fourth-order valence-corrected chi connectivity index (χ4v) is 0.595. The molecule has 0 atom stereocenters. The molecule has 3 heteroatoms. The maximum Gasteiger partial charge on any atom is 0.0662 e. The summed E-state index contributed by atoms with van der Waals surface area (Å²) in [5, 5.41) is 15.2. The van der Waals surface area contributed by atoms with Crippen molar-refractivity contribution in [3.8, 4) is 0 Å². The summed E-state index contributed by atoms with van der Waals surface area (Å²) in [5.41, 5.74) is 0. The summed E-state index contributed by atoms with van der Waals surface area (Å²) in [7, 11) is 0. The molecule has 136 valence electrons. The zero-order valence-electron chi connectivity index (χ0n) is 15.8. The molecule has 0 aromatic heterocycles. The van der Waals surface area contributed by atoms with E-state index in [0.717, 1.165) is 13.2 Å². The molecule has 0 aromatic rings. The Hall–Kier alpha value is -0.900. The standard InChI is InChI=1S/C8H18O.3C3H6.C2H6O2/c1-3-5-7-9-8-6-4-2;3*1-3-2;3-1-2-4/h3-8H2,1-2H3;3*3H,1H2,2H3;3-4H,1-2H2. The fourth-order valence-electron chi connectivity index (χ4n) is 0.595. The number of rotatable bonds is 7. The molecule has 0 aliphatic heterocycles. The van der Waals surface area contributed by atoms with Crippen LogP contribution in [0.4, 0.5) is 0 Å². The monoisotopic (exact) mass is 318 g/mol. The average molecular weight is 319 g/mol. The Balaban J connectivity index is -0.0000000622. The van der Waals surface area contributed by atoms with Gasteiger partial charge in [-0.15, -0.1) is 19.7 Å². The van der Waals surface area contributed by atoms with Gasteiger partial charge in [0.1, 0.15) is 0 Å². The van der Waals surface area contributed by atoms with E-state index in [1.165, 1.54) is 25.7 Å². The van der Waals surface area contributed by atoms with Gasteiger partial charge in [0, 0.05) is 13.2 Å². The molecule has 0 amide bonds. The third-order valence-corrected chi connectivity index (χ3v) is 1.38. The lowest BCUT2D eigenvalue weighted by atomic mass is 10.3. The molecular weight excluding hydrogens is 276 g/mol. The molecule has 0 rings (SSSR count). The first kappa shape index (κ1) is 32.9. The van der Waals surface area contributed by atoms with E-state index in [0.29, 0.717) is 0 Å². The summed E-state index contributed by atoms with van der Waals surface area (Å²) >= 11 is 0. The Morgan fingerprint density at radius 2 is 0.955 bits per heavy atom. The number of ether oxygens (including phenoxy) is 1. The minimum absolute atomic E-state index is 0.125. The Morgan fingerprint density at radius 3 is 1.09 bits per heavy atom. The first-order valence-electron chi connectivity index (χ1n) is 8.08. The largest absolute Gasteiger partial charge is 0.394 e. The topological polar surface area (TPSA) is 49.7 Å². The normalized spacial score (nSPS) is 7.23. The lowest BCUT2D eigenvalue weighted by Crippen LogP contribution is -1.95. The van der Waals surface area contributed by atoms with Crippen molar-refractivity contribution in [1.29, 1.82) is 0 Å². The van der Waals surface area contributed by atoms with Gasteiger partial charge >= 0.3 is 0 Å². The fraction of sp³-hybridized carbons (Fsp3) is 0.684. The van der Waals surface area contributed by atoms with Crippen molar-refractivity contribution in [1.82, 2.24) is 0 Å². The summed E-state index contributed by atoms with van der Waals surface area (Å²) in [4.78, 5) is 0. The summed E-state index contributed by atoms with van der Waals surface area (Å²) in [6.45, 7) is 21.8. The van der Waals surface area contributed by atoms with Crippen molar-refractivity contribution >= 4 is 0 Å². The highest BCUT2D eigenvalue weighted by molar-refractivity contribution is 4.52. The van der Waals surface area contributed by atoms with Gasteiger partial charge in [0.25, 0.3) is 0 Å². The van der Waals surface area contributed by atoms with Crippen molar-refractivity contribution in [2.45, 2.75) is 60.3 Å². The SMILES string of the molecule is C=CC.C=CC.C=CC.CCCCOCCCC.OCCO. The molecule has 0 aliphatic rings. The molecule has 3 nitrogen and oxygen atoms in total. The second kappa shape index (κ2) is 59.5. The van der Waals surface area contributed by atoms with Crippen LogP contribution in [0.25, 0.3) is 0 Å². The number of unbranched alkanes of at least 4 members (excludes halogenated alkanes) is 2. The van der Waals surface area contributed by atoms with Gasteiger partial charge in [0.2, 0.25) is 0 Å². The maximum atomic E-state index is 7.62. The number of hydrogen-bond donors (Lipinski definition) is 2. The Bertz CT molecular complexity index is 134. The third kappa shape index (κ3) is 168. The van der Waals surface area contributed by atoms with Crippen LogP contribution in [0.3, 0.4) is 0 Å². The zero-order valence-corrected chi connectivity index (χ0v) is 15.8. The summed E-state index contributed by atoms with van der Waals surface area (Å²) < 4.78 is 5.31. The van der Waals surface area contributed by atoms with Crippen LogP contribution in [0.2, 0.25) is 0 Å². The predicted octanol–water partition coefficient (Wildman–Crippen LogP) is 5.15. The van der Waals surface area contributed by atoms with Crippen molar-refractivity contribution in [2.24, 2.45) is 0 Å². The molecule has 0 spiro atoms. The predicted molar refractivity (Wildman–Crippen MR) is 102 cm³/mol. The van der Waals surface area contributed by atoms with Gasteiger partial charge in [0.15, 0.2) is 0 Å². The highest BCUT2D eigenvalue weighted by Gasteiger charge is 1.84. The number of aliphatic hydroxyl groups excluding tert-OH is 2. The van der Waals surface area contributed by atoms with Crippen molar-refractivity contribution in [2.75, 3.05) is 26.4 Å². The van der Waals surface area contributed by atoms with E-state index in [-0.39, 0.29) is 13.2 Å². The molecule has 0 heterocycles. The second-order valence-corrected chi connectivity index (χ2v) is 3.99. The highest BCUT2D eigenvalue weighted by Crippen LogP contribution is 1.91. The van der Waals surface area contributed by atoms with Crippen LogP contribution < -0.4 is 0 Å². The van der Waals surface area contributed by atoms with Crippen LogP contribution in [0.15, 0.2) is 38.0 Å². The Morgan fingerprint density at radius 1 is 0.727 bits per heavy atom. The molecular formula is C19H42O3. The average Bonchev–Trinajstić information content (AvgIpc) is 2.50. The second-order valence-electron chi connectivity index (χ2n) is 3.99. The van der Waals surface area contributed by atoms with Gasteiger partial charge in [-0.2, -0.15) is 0 Å². The molecule has 0 unspecified atom stereocenters. The van der Waals surface area contributed by atoms with E-state index < -0.39 is 0 Å². The molecule has 0 saturated carbocycles. The molecule has 0 radical (unpaired) electrons. The first-order chi connectivity index (χ1) is 10.6.